The van der Waals surface area contributed by atoms with Gasteiger partial charge in [0.05, 0.1) is 35.1 Å². The lowest BCUT2D eigenvalue weighted by molar-refractivity contribution is 0.0122. The van der Waals surface area contributed by atoms with Gasteiger partial charge in [-0.2, -0.15) is 0 Å². The average Bonchev–Trinajstić information content (AvgIpc) is 3.24. The van der Waals surface area contributed by atoms with Crippen LogP contribution in [-0.2, 0) is 16.1 Å². The van der Waals surface area contributed by atoms with Crippen LogP contribution in [0.2, 0.25) is 5.02 Å². The molecule has 2 aromatic heterocycles. The zero-order valence-electron chi connectivity index (χ0n) is 21.6. The number of aromatic nitrogens is 2. The highest BCUT2D eigenvalue weighted by Crippen LogP contribution is 2.47. The first-order valence-corrected chi connectivity index (χ1v) is 14.4. The number of thiazole rings is 1. The van der Waals surface area contributed by atoms with E-state index in [1.807, 2.05) is 25.1 Å². The predicted molar refractivity (Wildman–Crippen MR) is 147 cm³/mol. The molecule has 10 heteroatoms. The molecule has 1 saturated heterocycles. The Morgan fingerprint density at radius 2 is 2.13 bits per heavy atom. The first kappa shape index (κ1) is 25.0. The molecule has 2 saturated carbocycles. The van der Waals surface area contributed by atoms with Crippen molar-refractivity contribution in [2.45, 2.75) is 57.3 Å². The molecule has 0 spiro atoms. The van der Waals surface area contributed by atoms with Crippen molar-refractivity contribution in [1.82, 2.24) is 10.1 Å². The fourth-order valence-corrected chi connectivity index (χ4v) is 7.54. The molecule has 3 heterocycles. The lowest BCUT2D eigenvalue weighted by Gasteiger charge is -2.31. The summed E-state index contributed by atoms with van der Waals surface area (Å²) in [7, 11) is 1.29. The van der Waals surface area contributed by atoms with E-state index in [-0.39, 0.29) is 17.7 Å². The fraction of sp³-hybridized carbons (Fsp3) is 0.414. The van der Waals surface area contributed by atoms with Crippen molar-refractivity contribution >= 4 is 44.3 Å². The van der Waals surface area contributed by atoms with Crippen molar-refractivity contribution in [3.8, 4) is 11.3 Å². The Kier molecular flexibility index (Phi) is 6.13. The molecule has 0 amide bonds. The Hall–Kier alpha value is -3.01. The number of hydrogen-bond acceptors (Lipinski definition) is 8. The van der Waals surface area contributed by atoms with Crippen LogP contribution in [0.25, 0.3) is 21.5 Å². The maximum Gasteiger partial charge on any atom is 0.338 e. The lowest BCUT2D eigenvalue weighted by Crippen LogP contribution is -2.38. The van der Waals surface area contributed by atoms with Crippen molar-refractivity contribution in [2.24, 2.45) is 5.92 Å². The number of carbonyl (C=O) groups excluding carboxylic acids is 1. The molecule has 0 unspecified atom stereocenters. The number of rotatable bonds is 7. The van der Waals surface area contributed by atoms with Crippen molar-refractivity contribution in [2.75, 3.05) is 18.6 Å². The van der Waals surface area contributed by atoms with E-state index in [1.165, 1.54) is 24.5 Å². The van der Waals surface area contributed by atoms with E-state index in [1.54, 1.807) is 6.07 Å². The van der Waals surface area contributed by atoms with Crippen LogP contribution in [0.4, 0.5) is 9.52 Å². The molecule has 2 aromatic carbocycles. The summed E-state index contributed by atoms with van der Waals surface area (Å²) in [6.07, 6.45) is 4.21. The number of benzene rings is 2. The summed E-state index contributed by atoms with van der Waals surface area (Å²) in [5, 5.41) is 5.89. The molecule has 0 radical (unpaired) electrons. The summed E-state index contributed by atoms with van der Waals surface area (Å²) in [6.45, 7) is 3.27. The molecular weight excluding hydrogens is 541 g/mol. The van der Waals surface area contributed by atoms with Crippen LogP contribution in [0.1, 0.15) is 58.8 Å². The van der Waals surface area contributed by atoms with Gasteiger partial charge in [0, 0.05) is 35.5 Å². The minimum Gasteiger partial charge on any atom is -0.465 e. The Morgan fingerprint density at radius 1 is 1.28 bits per heavy atom. The number of halogens is 2. The van der Waals surface area contributed by atoms with Crippen molar-refractivity contribution in [3.05, 3.63) is 63.6 Å². The molecular formula is C29H27ClFN3O4S. The molecule has 7 rings (SSSR count). The second-order valence-electron chi connectivity index (χ2n) is 10.8. The third-order valence-corrected chi connectivity index (χ3v) is 9.60. The third kappa shape index (κ3) is 4.31. The average molecular weight is 568 g/mol. The molecule has 3 atom stereocenters. The van der Waals surface area contributed by atoms with Crippen LogP contribution in [0.15, 0.2) is 34.9 Å². The van der Waals surface area contributed by atoms with Gasteiger partial charge in [0.15, 0.2) is 10.9 Å². The van der Waals surface area contributed by atoms with Crippen LogP contribution < -0.4 is 4.90 Å². The zero-order chi connectivity index (χ0) is 26.8. The molecule has 202 valence electrons. The minimum absolute atomic E-state index is 0.116. The SMILES string of the molecule is COC(=O)c1cc(F)c2nc(N3C[C@@H]4C[C@H]3C[C@H]4OCc3c(-c4c(C)cccc4Cl)noc3C3CC3)sc2c1. The van der Waals surface area contributed by atoms with Gasteiger partial charge in [-0.3, -0.25) is 0 Å². The number of aryl methyl sites for hydroxylation is 1. The van der Waals surface area contributed by atoms with E-state index < -0.39 is 11.8 Å². The van der Waals surface area contributed by atoms with Crippen molar-refractivity contribution in [3.63, 3.8) is 0 Å². The second kappa shape index (κ2) is 9.57. The fourth-order valence-electron chi connectivity index (χ4n) is 6.13. The summed E-state index contributed by atoms with van der Waals surface area (Å²) in [5.41, 5.74) is 4.25. The third-order valence-electron chi connectivity index (χ3n) is 8.25. The monoisotopic (exact) mass is 567 g/mol. The van der Waals surface area contributed by atoms with E-state index >= 15 is 0 Å². The number of anilines is 1. The molecule has 2 aliphatic carbocycles. The molecule has 39 heavy (non-hydrogen) atoms. The Balaban J connectivity index is 1.08. The molecule has 3 aliphatic rings. The maximum absolute atomic E-state index is 14.7. The molecule has 7 nitrogen and oxygen atoms in total. The number of esters is 1. The summed E-state index contributed by atoms with van der Waals surface area (Å²) >= 11 is 8.00. The summed E-state index contributed by atoms with van der Waals surface area (Å²) in [6, 6.07) is 8.98. The quantitative estimate of drug-likeness (QED) is 0.225. The Morgan fingerprint density at radius 3 is 2.85 bits per heavy atom. The topological polar surface area (TPSA) is 77.7 Å². The number of ether oxygens (including phenoxy) is 2. The van der Waals surface area contributed by atoms with Gasteiger partial charge in [0.1, 0.15) is 17.0 Å². The first-order chi connectivity index (χ1) is 18.9. The highest BCUT2D eigenvalue weighted by Gasteiger charge is 2.46. The van der Waals surface area contributed by atoms with Crippen molar-refractivity contribution < 1.29 is 23.2 Å². The highest BCUT2D eigenvalue weighted by atomic mass is 35.5. The van der Waals surface area contributed by atoms with Crippen LogP contribution in [0.5, 0.6) is 0 Å². The predicted octanol–water partition coefficient (Wildman–Crippen LogP) is 6.90. The van der Waals surface area contributed by atoms with Gasteiger partial charge < -0.3 is 18.9 Å². The minimum atomic E-state index is -0.559. The van der Waals surface area contributed by atoms with Gasteiger partial charge in [-0.05, 0) is 56.4 Å². The molecule has 0 N–H and O–H groups in total. The van der Waals surface area contributed by atoms with Gasteiger partial charge >= 0.3 is 5.97 Å². The zero-order valence-corrected chi connectivity index (χ0v) is 23.2. The van der Waals surface area contributed by atoms with Crippen molar-refractivity contribution in [1.29, 1.82) is 0 Å². The maximum atomic E-state index is 14.7. The van der Waals surface area contributed by atoms with Gasteiger partial charge in [0.25, 0.3) is 0 Å². The number of piperidine rings is 1. The summed E-state index contributed by atoms with van der Waals surface area (Å²) < 4.78 is 32.5. The van der Waals surface area contributed by atoms with Gasteiger partial charge in [-0.15, -0.1) is 0 Å². The normalized spacial score (nSPS) is 22.3. The van der Waals surface area contributed by atoms with Crippen LogP contribution in [0, 0.1) is 18.7 Å². The van der Waals surface area contributed by atoms with Crippen LogP contribution in [-0.4, -0.2) is 41.9 Å². The molecule has 2 bridgehead atoms. The van der Waals surface area contributed by atoms with Crippen LogP contribution >= 0.6 is 22.9 Å². The smallest absolute Gasteiger partial charge is 0.338 e. The Labute approximate surface area is 233 Å². The van der Waals surface area contributed by atoms with E-state index in [2.05, 4.69) is 15.0 Å². The van der Waals surface area contributed by atoms with E-state index in [0.29, 0.717) is 33.7 Å². The number of nitrogens with zero attached hydrogens (tertiary/aromatic N) is 3. The van der Waals surface area contributed by atoms with E-state index in [0.717, 1.165) is 65.5 Å². The summed E-state index contributed by atoms with van der Waals surface area (Å²) in [5.74, 6) is 0.619. The Bertz CT molecular complexity index is 1580. The molecule has 3 fully saturated rings. The number of carbonyl (C=O) groups is 1. The number of fused-ring (bicyclic) bond motifs is 3. The van der Waals surface area contributed by atoms with E-state index in [4.69, 9.17) is 25.6 Å². The van der Waals surface area contributed by atoms with Gasteiger partial charge in [-0.1, -0.05) is 40.2 Å². The lowest BCUT2D eigenvalue weighted by atomic mass is 10.00. The number of hydrogen-bond donors (Lipinski definition) is 0. The number of methoxy groups -OCH3 is 1. The van der Waals surface area contributed by atoms with E-state index in [9.17, 15) is 9.18 Å². The highest BCUT2D eigenvalue weighted by molar-refractivity contribution is 7.22. The van der Waals surface area contributed by atoms with Gasteiger partial charge in [0.2, 0.25) is 0 Å². The molecule has 1 aliphatic heterocycles. The van der Waals surface area contributed by atoms with Gasteiger partial charge in [-0.25, -0.2) is 14.2 Å². The first-order valence-electron chi connectivity index (χ1n) is 13.2. The second-order valence-corrected chi connectivity index (χ2v) is 12.2. The van der Waals surface area contributed by atoms with Crippen LogP contribution in [0.3, 0.4) is 0 Å². The largest absolute Gasteiger partial charge is 0.465 e. The molecule has 4 aromatic rings. The summed E-state index contributed by atoms with van der Waals surface area (Å²) in [4.78, 5) is 18.8. The standard InChI is InChI=1S/C29H27ClFN3O4S/c1-14-4-3-5-20(30)24(14)25-19(27(38-33-25)15-6-7-15)13-37-22-11-18-8-17(22)12-34(18)29-32-26-21(31)9-16(28(35)36-2)10-23(26)39-29/h3-5,9-10,15,17-18,22H,6-8,11-13H2,1-2H3/t17-,18-,22+/m0/s1.